The van der Waals surface area contributed by atoms with Crippen molar-refractivity contribution in [3.05, 3.63) is 113 Å². The molecule has 0 unspecified atom stereocenters. The summed E-state index contributed by atoms with van der Waals surface area (Å²) in [6, 6.07) is 30.4. The highest BCUT2D eigenvalue weighted by molar-refractivity contribution is 6.15. The van der Waals surface area contributed by atoms with Crippen LogP contribution in [0, 0.1) is 0 Å². The van der Waals surface area contributed by atoms with Gasteiger partial charge in [0.15, 0.2) is 0 Å². The molecule has 5 aromatic rings. The Labute approximate surface area is 275 Å². The van der Waals surface area contributed by atoms with Crippen LogP contribution >= 0.6 is 0 Å². The number of likely N-dealkylation sites (tertiary alicyclic amines) is 2. The molecule has 8 rings (SSSR count). The number of amides is 1. The first-order valence-corrected chi connectivity index (χ1v) is 16.9. The summed E-state index contributed by atoms with van der Waals surface area (Å²) in [5, 5.41) is 12.3. The number of carbonyl (C=O) groups is 1. The smallest absolute Gasteiger partial charge is 0.256 e. The van der Waals surface area contributed by atoms with Crippen molar-refractivity contribution in [3.8, 4) is 28.4 Å². The Hall–Kier alpha value is -4.59. The number of aromatic hydroxyl groups is 1. The number of aromatic nitrogens is 1. The zero-order valence-corrected chi connectivity index (χ0v) is 27.0. The quantitative estimate of drug-likeness (QED) is 0.209. The van der Waals surface area contributed by atoms with Crippen LogP contribution in [0.5, 0.6) is 11.5 Å². The van der Waals surface area contributed by atoms with E-state index in [-0.39, 0.29) is 17.3 Å². The Kier molecular flexibility index (Phi) is 7.74. The van der Waals surface area contributed by atoms with Crippen molar-refractivity contribution in [1.29, 1.82) is 0 Å². The predicted octanol–water partition coefficient (Wildman–Crippen LogP) is 7.66. The third-order valence-corrected chi connectivity index (χ3v) is 10.5. The molecule has 240 valence electrons. The zero-order chi connectivity index (χ0) is 32.0. The minimum Gasteiger partial charge on any atom is -0.508 e. The second kappa shape index (κ2) is 12.2. The fraction of sp³-hybridized carbons (Fsp3) is 0.325. The third-order valence-electron chi connectivity index (χ3n) is 10.5. The van der Waals surface area contributed by atoms with Crippen LogP contribution < -0.4 is 4.74 Å². The maximum atomic E-state index is 15.1. The van der Waals surface area contributed by atoms with Crippen molar-refractivity contribution in [1.82, 2.24) is 14.4 Å². The molecule has 1 aromatic heterocycles. The number of hydrogen-bond donors (Lipinski definition) is 1. The van der Waals surface area contributed by atoms with E-state index in [9.17, 15) is 5.11 Å². The normalized spacial score (nSPS) is 17.7. The lowest BCUT2D eigenvalue weighted by Gasteiger charge is -2.39. The van der Waals surface area contributed by atoms with Gasteiger partial charge in [-0.2, -0.15) is 0 Å². The Bertz CT molecular complexity index is 1920. The van der Waals surface area contributed by atoms with Crippen LogP contribution in [0.1, 0.15) is 59.2 Å². The standard InChI is InChI=1S/C40H41N3O4/c1-46-31-16-14-28(15-17-31)38-37(39(45)42-24-20-40(21-25-42)33-13-7-6-10-29(33)27-47-40)36-32(26-41-22-8-3-9-23-41)35(44)19-18-34(36)43(38)30-11-4-2-5-12-30/h2,4-7,10-19,44H,3,8-9,20-27H2,1H3. The summed E-state index contributed by atoms with van der Waals surface area (Å²) >= 11 is 0. The van der Waals surface area contributed by atoms with Crippen LogP contribution in [0.4, 0.5) is 0 Å². The van der Waals surface area contributed by atoms with Crippen molar-refractivity contribution >= 4 is 16.8 Å². The number of piperidine rings is 2. The molecule has 1 amide bonds. The van der Waals surface area contributed by atoms with Gasteiger partial charge in [0.2, 0.25) is 0 Å². The maximum Gasteiger partial charge on any atom is 0.256 e. The second-order valence-electron chi connectivity index (χ2n) is 13.1. The van der Waals surface area contributed by atoms with Crippen LogP contribution in [0.25, 0.3) is 27.8 Å². The number of rotatable bonds is 6. The first kappa shape index (κ1) is 29.8. The maximum absolute atomic E-state index is 15.1. The number of nitrogens with zero attached hydrogens (tertiary/aromatic N) is 3. The average molecular weight is 628 g/mol. The minimum absolute atomic E-state index is 0.0119. The number of hydrogen-bond acceptors (Lipinski definition) is 5. The van der Waals surface area contributed by atoms with E-state index in [2.05, 4.69) is 45.9 Å². The van der Waals surface area contributed by atoms with Crippen molar-refractivity contribution in [2.45, 2.75) is 50.9 Å². The Morgan fingerprint density at radius 3 is 2.32 bits per heavy atom. The summed E-state index contributed by atoms with van der Waals surface area (Å²) in [4.78, 5) is 19.5. The largest absolute Gasteiger partial charge is 0.508 e. The number of para-hydroxylation sites is 1. The summed E-state index contributed by atoms with van der Waals surface area (Å²) in [6.45, 7) is 4.37. The van der Waals surface area contributed by atoms with E-state index < -0.39 is 0 Å². The Morgan fingerprint density at radius 1 is 0.851 bits per heavy atom. The molecule has 3 aliphatic heterocycles. The Morgan fingerprint density at radius 2 is 1.57 bits per heavy atom. The summed E-state index contributed by atoms with van der Waals surface area (Å²) in [7, 11) is 1.66. The van der Waals surface area contributed by atoms with Gasteiger partial charge in [-0.1, -0.05) is 48.9 Å². The molecule has 47 heavy (non-hydrogen) atoms. The fourth-order valence-corrected chi connectivity index (χ4v) is 8.04. The molecular weight excluding hydrogens is 586 g/mol. The minimum atomic E-state index is -0.345. The van der Waals surface area contributed by atoms with Crippen LogP contribution in [0.2, 0.25) is 0 Å². The van der Waals surface area contributed by atoms with Gasteiger partial charge in [0, 0.05) is 36.3 Å². The summed E-state index contributed by atoms with van der Waals surface area (Å²) < 4.78 is 14.2. The molecule has 0 atom stereocenters. The monoisotopic (exact) mass is 627 g/mol. The summed E-state index contributed by atoms with van der Waals surface area (Å²) in [5.74, 6) is 0.977. The lowest BCUT2D eigenvalue weighted by atomic mass is 9.83. The first-order valence-electron chi connectivity index (χ1n) is 16.9. The van der Waals surface area contributed by atoms with Crippen molar-refractivity contribution in [2.75, 3.05) is 33.3 Å². The SMILES string of the molecule is COc1ccc(-c2c(C(=O)N3CCC4(CC3)OCc3ccccc34)c3c(CN4CCCCC4)c(O)ccc3n2-c2ccccc2)cc1. The van der Waals surface area contributed by atoms with Crippen LogP contribution in [-0.4, -0.2) is 58.7 Å². The number of methoxy groups -OCH3 is 1. The van der Waals surface area contributed by atoms with Gasteiger partial charge in [0.25, 0.3) is 5.91 Å². The lowest BCUT2D eigenvalue weighted by Crippen LogP contribution is -2.45. The lowest BCUT2D eigenvalue weighted by molar-refractivity contribution is -0.0741. The molecule has 2 fully saturated rings. The van der Waals surface area contributed by atoms with Gasteiger partial charge in [-0.25, -0.2) is 0 Å². The fourth-order valence-electron chi connectivity index (χ4n) is 8.04. The topological polar surface area (TPSA) is 67.2 Å². The number of phenolic OH excluding ortho intramolecular Hbond substituents is 1. The molecule has 0 bridgehead atoms. The Balaban J connectivity index is 1.30. The number of phenols is 1. The molecule has 1 spiro atoms. The van der Waals surface area contributed by atoms with Crippen molar-refractivity contribution in [2.24, 2.45) is 0 Å². The van der Waals surface area contributed by atoms with E-state index >= 15 is 4.79 Å². The van der Waals surface area contributed by atoms with Crippen LogP contribution in [-0.2, 0) is 23.5 Å². The third kappa shape index (κ3) is 5.18. The second-order valence-corrected chi connectivity index (χ2v) is 13.1. The molecule has 0 saturated carbocycles. The molecule has 7 nitrogen and oxygen atoms in total. The molecule has 0 radical (unpaired) electrons. The molecule has 1 N–H and O–H groups in total. The predicted molar refractivity (Wildman–Crippen MR) is 184 cm³/mol. The van der Waals surface area contributed by atoms with E-state index in [4.69, 9.17) is 9.47 Å². The molecular formula is C40H41N3O4. The molecule has 0 aliphatic carbocycles. The van der Waals surface area contributed by atoms with Crippen molar-refractivity contribution < 1.29 is 19.4 Å². The zero-order valence-electron chi connectivity index (χ0n) is 27.0. The summed E-state index contributed by atoms with van der Waals surface area (Å²) in [6.07, 6.45) is 5.01. The number of carbonyl (C=O) groups excluding carboxylic acids is 1. The van der Waals surface area contributed by atoms with Gasteiger partial charge in [0.05, 0.1) is 36.1 Å². The van der Waals surface area contributed by atoms with Gasteiger partial charge in [-0.05, 0) is 104 Å². The molecule has 7 heteroatoms. The van der Waals surface area contributed by atoms with E-state index in [1.165, 1.54) is 17.5 Å². The number of fused-ring (bicyclic) bond motifs is 3. The first-order chi connectivity index (χ1) is 23.1. The molecule has 4 aromatic carbocycles. The van der Waals surface area contributed by atoms with Gasteiger partial charge in [0.1, 0.15) is 11.5 Å². The van der Waals surface area contributed by atoms with E-state index in [1.54, 1.807) is 13.2 Å². The number of benzene rings is 4. The van der Waals surface area contributed by atoms with Gasteiger partial charge in [-0.3, -0.25) is 9.69 Å². The molecule has 3 aliphatic rings. The van der Waals surface area contributed by atoms with Gasteiger partial charge in [-0.15, -0.1) is 0 Å². The van der Waals surface area contributed by atoms with E-state index in [0.717, 1.165) is 77.9 Å². The van der Waals surface area contributed by atoms with Gasteiger partial charge >= 0.3 is 0 Å². The van der Waals surface area contributed by atoms with Crippen LogP contribution in [0.15, 0.2) is 91.0 Å². The van der Waals surface area contributed by atoms with E-state index in [0.29, 0.717) is 31.8 Å². The molecule has 2 saturated heterocycles. The molecule has 4 heterocycles. The van der Waals surface area contributed by atoms with Crippen molar-refractivity contribution in [3.63, 3.8) is 0 Å². The van der Waals surface area contributed by atoms with Gasteiger partial charge < -0.3 is 24.0 Å². The highest BCUT2D eigenvalue weighted by atomic mass is 16.5. The highest BCUT2D eigenvalue weighted by Gasteiger charge is 2.44. The average Bonchev–Trinajstić information content (AvgIpc) is 3.66. The van der Waals surface area contributed by atoms with Crippen LogP contribution in [0.3, 0.4) is 0 Å². The highest BCUT2D eigenvalue weighted by Crippen LogP contribution is 2.46. The summed E-state index contributed by atoms with van der Waals surface area (Å²) in [5.41, 5.74) is 7.24. The number of ether oxygens (including phenoxy) is 2. The van der Waals surface area contributed by atoms with E-state index in [1.807, 2.05) is 53.4 Å².